The predicted octanol–water partition coefficient (Wildman–Crippen LogP) is 5.49. The normalized spacial score (nSPS) is 45.4. The molecule has 0 aromatic rings. The van der Waals surface area contributed by atoms with Crippen molar-refractivity contribution >= 4 is 0 Å². The Hall–Kier alpha value is -0.120. The van der Waals surface area contributed by atoms with Crippen LogP contribution in [0.25, 0.3) is 0 Å². The molecule has 0 radical (unpaired) electrons. The Morgan fingerprint density at radius 2 is 1.31 bits per heavy atom. The van der Waals surface area contributed by atoms with Gasteiger partial charge in [0.25, 0.3) is 0 Å². The number of hydrogen-bond acceptors (Lipinski definition) is 3. The summed E-state index contributed by atoms with van der Waals surface area (Å²) in [4.78, 5) is 2.91. The highest BCUT2D eigenvalue weighted by Crippen LogP contribution is 2.43. The zero-order chi connectivity index (χ0) is 20.4. The molecule has 4 rings (SSSR count). The molecule has 0 aromatic heterocycles. The third-order valence-electron chi connectivity index (χ3n) is 9.55. The summed E-state index contributed by atoms with van der Waals surface area (Å²) in [5.74, 6) is 3.10. The summed E-state index contributed by atoms with van der Waals surface area (Å²) in [6.07, 6.45) is 19.7. The van der Waals surface area contributed by atoms with Gasteiger partial charge in [-0.05, 0) is 101 Å². The maximum absolute atomic E-state index is 11.4. The molecule has 168 valence electrons. The van der Waals surface area contributed by atoms with Crippen molar-refractivity contribution in [3.63, 3.8) is 0 Å². The van der Waals surface area contributed by atoms with Crippen molar-refractivity contribution in [3.8, 4) is 0 Å². The highest BCUT2D eigenvalue weighted by Gasteiger charge is 2.42. The molecule has 4 fully saturated rings. The molecule has 0 saturated heterocycles. The van der Waals surface area contributed by atoms with Crippen LogP contribution in [0.5, 0.6) is 0 Å². The number of hydrogen-bond donors (Lipinski definition) is 2. The molecule has 6 unspecified atom stereocenters. The summed E-state index contributed by atoms with van der Waals surface area (Å²) in [6.45, 7) is 4.77. The van der Waals surface area contributed by atoms with Crippen molar-refractivity contribution in [1.82, 2.24) is 4.90 Å². The van der Waals surface area contributed by atoms with Crippen LogP contribution in [0.4, 0.5) is 0 Å². The second-order valence-corrected chi connectivity index (χ2v) is 11.6. The Morgan fingerprint density at radius 1 is 0.690 bits per heavy atom. The van der Waals surface area contributed by atoms with Crippen LogP contribution in [0.2, 0.25) is 0 Å². The van der Waals surface area contributed by atoms with E-state index in [1.54, 1.807) is 0 Å². The molecule has 0 bridgehead atoms. The Morgan fingerprint density at radius 3 is 1.97 bits per heavy atom. The molecule has 0 heterocycles. The summed E-state index contributed by atoms with van der Waals surface area (Å²) in [5.41, 5.74) is 6.28. The molecule has 4 saturated carbocycles. The van der Waals surface area contributed by atoms with E-state index in [2.05, 4.69) is 18.7 Å². The van der Waals surface area contributed by atoms with E-state index in [1.807, 2.05) is 0 Å². The van der Waals surface area contributed by atoms with Crippen LogP contribution in [-0.2, 0) is 0 Å². The quantitative estimate of drug-likeness (QED) is 0.651. The fraction of sp³-hybridized carbons (Fsp3) is 1.00. The summed E-state index contributed by atoms with van der Waals surface area (Å²) in [7, 11) is 0. The standard InChI is InChI=1S/C26H48N2O/c1-18-8-12-23(13-9-18)28(22-6-4-3-5-7-22)25-15-11-21(17-26(25)29)20-10-14-24(27)19(2)16-20/h18-26,29H,3-17,27H2,1-2H3. The van der Waals surface area contributed by atoms with E-state index < -0.39 is 0 Å². The van der Waals surface area contributed by atoms with Crippen LogP contribution in [0.15, 0.2) is 0 Å². The van der Waals surface area contributed by atoms with Gasteiger partial charge in [0, 0.05) is 24.2 Å². The highest BCUT2D eigenvalue weighted by atomic mass is 16.3. The summed E-state index contributed by atoms with van der Waals surface area (Å²) in [5, 5.41) is 11.4. The van der Waals surface area contributed by atoms with E-state index in [-0.39, 0.29) is 6.10 Å². The first-order valence-corrected chi connectivity index (χ1v) is 13.2. The summed E-state index contributed by atoms with van der Waals surface area (Å²) < 4.78 is 0. The van der Waals surface area contributed by atoms with Gasteiger partial charge in [0.05, 0.1) is 6.10 Å². The van der Waals surface area contributed by atoms with Crippen LogP contribution < -0.4 is 5.73 Å². The Labute approximate surface area is 180 Å². The third kappa shape index (κ3) is 5.21. The van der Waals surface area contributed by atoms with Gasteiger partial charge in [-0.25, -0.2) is 0 Å². The van der Waals surface area contributed by atoms with Crippen molar-refractivity contribution < 1.29 is 5.11 Å². The fourth-order valence-electron chi connectivity index (χ4n) is 7.59. The molecular weight excluding hydrogens is 356 g/mol. The number of aliphatic hydroxyl groups is 1. The van der Waals surface area contributed by atoms with Crippen molar-refractivity contribution in [2.75, 3.05) is 0 Å². The first kappa shape index (κ1) is 22.1. The number of rotatable bonds is 4. The third-order valence-corrected chi connectivity index (χ3v) is 9.55. The first-order valence-electron chi connectivity index (χ1n) is 13.2. The van der Waals surface area contributed by atoms with Gasteiger partial charge in [-0.15, -0.1) is 0 Å². The Balaban J connectivity index is 1.41. The molecule has 0 amide bonds. The van der Waals surface area contributed by atoms with Gasteiger partial charge in [0.2, 0.25) is 0 Å². The second-order valence-electron chi connectivity index (χ2n) is 11.6. The van der Waals surface area contributed by atoms with Crippen molar-refractivity contribution in [2.24, 2.45) is 29.4 Å². The van der Waals surface area contributed by atoms with Crippen molar-refractivity contribution in [3.05, 3.63) is 0 Å². The molecule has 3 nitrogen and oxygen atoms in total. The maximum atomic E-state index is 11.4. The van der Waals surface area contributed by atoms with Crippen molar-refractivity contribution in [1.29, 1.82) is 0 Å². The molecule has 6 atom stereocenters. The van der Waals surface area contributed by atoms with Gasteiger partial charge in [0.15, 0.2) is 0 Å². The van der Waals surface area contributed by atoms with Gasteiger partial charge in [-0.1, -0.05) is 33.1 Å². The molecular formula is C26H48N2O. The van der Waals surface area contributed by atoms with Crippen LogP contribution in [-0.4, -0.2) is 40.3 Å². The van der Waals surface area contributed by atoms with Crippen LogP contribution >= 0.6 is 0 Å². The van der Waals surface area contributed by atoms with E-state index in [9.17, 15) is 5.11 Å². The summed E-state index contributed by atoms with van der Waals surface area (Å²) in [6, 6.07) is 2.31. The first-order chi connectivity index (χ1) is 14.0. The molecule has 4 aliphatic carbocycles. The average molecular weight is 405 g/mol. The zero-order valence-electron chi connectivity index (χ0n) is 19.3. The van der Waals surface area contributed by atoms with Crippen LogP contribution in [0.1, 0.15) is 110 Å². The molecule has 3 N–H and O–H groups in total. The molecule has 3 heteroatoms. The Kier molecular flexibility index (Phi) is 7.62. The number of nitrogens with two attached hydrogens (primary N) is 1. The molecule has 0 aliphatic heterocycles. The highest BCUT2D eigenvalue weighted by molar-refractivity contribution is 4.96. The maximum Gasteiger partial charge on any atom is 0.0698 e. The molecule has 0 aromatic carbocycles. The number of nitrogens with zero attached hydrogens (tertiary/aromatic N) is 1. The van der Waals surface area contributed by atoms with E-state index in [0.29, 0.717) is 18.0 Å². The molecule has 0 spiro atoms. The average Bonchev–Trinajstić information content (AvgIpc) is 2.73. The predicted molar refractivity (Wildman–Crippen MR) is 122 cm³/mol. The minimum absolute atomic E-state index is 0.110. The fourth-order valence-corrected chi connectivity index (χ4v) is 7.59. The van der Waals surface area contributed by atoms with Crippen LogP contribution in [0, 0.1) is 23.7 Å². The SMILES string of the molecule is CC1CCC(N(C2CCCCC2)C2CCC(C3CCC(N)C(C)C3)CC2O)CC1. The Bertz CT molecular complexity index is 497. The van der Waals surface area contributed by atoms with E-state index in [1.165, 1.54) is 89.9 Å². The van der Waals surface area contributed by atoms with E-state index >= 15 is 0 Å². The lowest BCUT2D eigenvalue weighted by atomic mass is 9.67. The monoisotopic (exact) mass is 404 g/mol. The van der Waals surface area contributed by atoms with Gasteiger partial charge in [0.1, 0.15) is 0 Å². The van der Waals surface area contributed by atoms with Gasteiger partial charge in [-0.2, -0.15) is 0 Å². The minimum Gasteiger partial charge on any atom is -0.391 e. The van der Waals surface area contributed by atoms with Gasteiger partial charge < -0.3 is 10.8 Å². The molecule has 4 aliphatic rings. The van der Waals surface area contributed by atoms with Crippen molar-refractivity contribution in [2.45, 2.75) is 140 Å². The lowest BCUT2D eigenvalue weighted by Gasteiger charge is -2.51. The van der Waals surface area contributed by atoms with E-state index in [4.69, 9.17) is 5.73 Å². The largest absolute Gasteiger partial charge is 0.391 e. The topological polar surface area (TPSA) is 49.5 Å². The van der Waals surface area contributed by atoms with Gasteiger partial charge >= 0.3 is 0 Å². The minimum atomic E-state index is -0.110. The lowest BCUT2D eigenvalue weighted by molar-refractivity contribution is -0.0634. The summed E-state index contributed by atoms with van der Waals surface area (Å²) >= 11 is 0. The smallest absolute Gasteiger partial charge is 0.0698 e. The van der Waals surface area contributed by atoms with Gasteiger partial charge in [-0.3, -0.25) is 4.90 Å². The molecule has 29 heavy (non-hydrogen) atoms. The van der Waals surface area contributed by atoms with Crippen LogP contribution in [0.3, 0.4) is 0 Å². The number of aliphatic hydroxyl groups excluding tert-OH is 1. The van der Waals surface area contributed by atoms with E-state index in [0.717, 1.165) is 36.3 Å². The lowest BCUT2D eigenvalue weighted by Crippen LogP contribution is -2.57. The second kappa shape index (κ2) is 10.0. The zero-order valence-corrected chi connectivity index (χ0v) is 19.3.